The standard InChI is InChI=1S/C21H26NO8P/c1-13(2)12-21(19(25)26,20(27)28)16(31(29)30)10-4-3-7-11-22-17(23)14-8-5-6-9-15(14)18(22)24/h5-6,8-9,13,16H,3-4,7,10-12H2,1-2H3,(H2-,25,26,27,28,29,30)/p+1. The topological polar surface area (TPSA) is 149 Å². The Bertz CT molecular complexity index is 848. The van der Waals surface area contributed by atoms with Crippen LogP contribution in [-0.2, 0) is 14.2 Å². The zero-order valence-electron chi connectivity index (χ0n) is 17.5. The van der Waals surface area contributed by atoms with Crippen LogP contribution < -0.4 is 0 Å². The molecular formula is C21H27NO8P+. The first-order valence-corrected chi connectivity index (χ1v) is 11.4. The molecule has 9 nitrogen and oxygen atoms in total. The lowest BCUT2D eigenvalue weighted by atomic mass is 9.75. The Labute approximate surface area is 180 Å². The Morgan fingerprint density at radius 1 is 1.00 bits per heavy atom. The molecule has 0 radical (unpaired) electrons. The molecule has 0 aromatic heterocycles. The average Bonchev–Trinajstić information content (AvgIpc) is 2.93. The van der Waals surface area contributed by atoms with E-state index >= 15 is 0 Å². The molecule has 31 heavy (non-hydrogen) atoms. The number of rotatable bonds is 12. The molecule has 0 saturated carbocycles. The number of hydrogen-bond donors (Lipinski definition) is 3. The molecule has 0 fully saturated rings. The van der Waals surface area contributed by atoms with E-state index in [0.717, 1.165) is 4.90 Å². The van der Waals surface area contributed by atoms with Gasteiger partial charge in [-0.25, -0.2) is 0 Å². The van der Waals surface area contributed by atoms with Crippen molar-refractivity contribution in [2.75, 3.05) is 6.54 Å². The van der Waals surface area contributed by atoms with Crippen molar-refractivity contribution in [3.63, 3.8) is 0 Å². The van der Waals surface area contributed by atoms with Crippen molar-refractivity contribution in [1.29, 1.82) is 0 Å². The molecule has 168 valence electrons. The minimum atomic E-state index is -3.05. The van der Waals surface area contributed by atoms with Gasteiger partial charge in [0.05, 0.1) is 11.1 Å². The van der Waals surface area contributed by atoms with Gasteiger partial charge in [-0.15, -0.1) is 0 Å². The van der Waals surface area contributed by atoms with E-state index in [9.17, 15) is 38.8 Å². The van der Waals surface area contributed by atoms with Gasteiger partial charge in [-0.1, -0.05) is 32.4 Å². The summed E-state index contributed by atoms with van der Waals surface area (Å²) in [5.74, 6) is -4.29. The smallest absolute Gasteiger partial charge is 0.480 e. The highest BCUT2D eigenvalue weighted by Crippen LogP contribution is 2.45. The normalized spacial score (nSPS) is 15.2. The molecule has 0 aliphatic carbocycles. The van der Waals surface area contributed by atoms with Crippen LogP contribution in [0.1, 0.15) is 66.7 Å². The van der Waals surface area contributed by atoms with Crippen LogP contribution in [0.15, 0.2) is 24.3 Å². The molecule has 1 aromatic carbocycles. The van der Waals surface area contributed by atoms with Gasteiger partial charge >= 0.3 is 20.0 Å². The van der Waals surface area contributed by atoms with E-state index in [1.807, 2.05) is 0 Å². The quantitative estimate of drug-likeness (QED) is 0.189. The zero-order chi connectivity index (χ0) is 23.3. The highest BCUT2D eigenvalue weighted by Gasteiger charge is 2.61. The Hall–Kier alpha value is -2.64. The molecule has 2 unspecified atom stereocenters. The summed E-state index contributed by atoms with van der Waals surface area (Å²) >= 11 is 0. The lowest BCUT2D eigenvalue weighted by Gasteiger charge is -2.27. The first-order valence-electron chi connectivity index (χ1n) is 10.1. The molecule has 1 aliphatic rings. The first kappa shape index (κ1) is 24.6. The third-order valence-corrected chi connectivity index (χ3v) is 6.80. The largest absolute Gasteiger partial charge is 0.510 e. The summed E-state index contributed by atoms with van der Waals surface area (Å²) in [7, 11) is -3.05. The molecular weight excluding hydrogens is 425 g/mol. The van der Waals surface area contributed by atoms with Crippen molar-refractivity contribution in [2.24, 2.45) is 11.3 Å². The number of fused-ring (bicyclic) bond motifs is 1. The van der Waals surface area contributed by atoms with Crippen LogP contribution in [-0.4, -0.2) is 56.0 Å². The number of carbonyl (C=O) groups is 4. The summed E-state index contributed by atoms with van der Waals surface area (Å²) in [5, 5.41) is 19.3. The number of imide groups is 1. The van der Waals surface area contributed by atoms with E-state index in [1.165, 1.54) is 0 Å². The van der Waals surface area contributed by atoms with Crippen LogP contribution in [0.3, 0.4) is 0 Å². The predicted octanol–water partition coefficient (Wildman–Crippen LogP) is 3.15. The van der Waals surface area contributed by atoms with E-state index in [0.29, 0.717) is 24.0 Å². The number of unbranched alkanes of at least 4 members (excludes halogenated alkanes) is 2. The summed E-state index contributed by atoms with van der Waals surface area (Å²) in [6, 6.07) is 6.53. The molecule has 10 heteroatoms. The average molecular weight is 452 g/mol. The second-order valence-corrected chi connectivity index (χ2v) is 9.38. The molecule has 0 bridgehead atoms. The monoisotopic (exact) mass is 452 g/mol. The fourth-order valence-corrected chi connectivity index (χ4v) is 5.21. The van der Waals surface area contributed by atoms with Crippen molar-refractivity contribution in [1.82, 2.24) is 4.90 Å². The first-order chi connectivity index (χ1) is 14.5. The van der Waals surface area contributed by atoms with Crippen molar-refractivity contribution in [3.05, 3.63) is 35.4 Å². The van der Waals surface area contributed by atoms with Gasteiger partial charge in [0.15, 0.2) is 0 Å². The molecule has 1 aromatic rings. The van der Waals surface area contributed by atoms with Crippen molar-refractivity contribution in [3.8, 4) is 0 Å². The van der Waals surface area contributed by atoms with Crippen molar-refractivity contribution < 1.29 is 38.8 Å². The van der Waals surface area contributed by atoms with E-state index in [1.54, 1.807) is 38.1 Å². The molecule has 1 aliphatic heterocycles. The number of hydrogen-bond acceptors (Lipinski definition) is 5. The zero-order valence-corrected chi connectivity index (χ0v) is 18.4. The Balaban J connectivity index is 2.00. The van der Waals surface area contributed by atoms with Crippen LogP contribution in [0.5, 0.6) is 0 Å². The van der Waals surface area contributed by atoms with Crippen LogP contribution in [0.4, 0.5) is 0 Å². The second-order valence-electron chi connectivity index (χ2n) is 8.15. The van der Waals surface area contributed by atoms with E-state index in [-0.39, 0.29) is 43.5 Å². The molecule has 0 spiro atoms. The van der Waals surface area contributed by atoms with Gasteiger partial charge in [0, 0.05) is 6.54 Å². The third kappa shape index (κ3) is 4.99. The Morgan fingerprint density at radius 2 is 1.52 bits per heavy atom. The SMILES string of the molecule is CC(C)CC(C(=O)O)(C(=O)O)C(CCCCCN1C(=O)c2ccccc2C1=O)[P+](=O)O. The molecule has 0 saturated heterocycles. The summed E-state index contributed by atoms with van der Waals surface area (Å²) in [6.45, 7) is 3.48. The van der Waals surface area contributed by atoms with Gasteiger partial charge in [0.25, 0.3) is 11.8 Å². The summed E-state index contributed by atoms with van der Waals surface area (Å²) in [5.41, 5.74) is -3.09. The molecule has 1 heterocycles. The maximum atomic E-state index is 12.4. The van der Waals surface area contributed by atoms with Gasteiger partial charge < -0.3 is 10.2 Å². The molecule has 2 amide bonds. The van der Waals surface area contributed by atoms with Crippen LogP contribution >= 0.6 is 8.03 Å². The number of carbonyl (C=O) groups excluding carboxylic acids is 2. The van der Waals surface area contributed by atoms with Gasteiger partial charge in [-0.2, -0.15) is 4.89 Å². The molecule has 2 atom stereocenters. The Morgan fingerprint density at radius 3 is 1.94 bits per heavy atom. The Kier molecular flexibility index (Phi) is 8.03. The number of nitrogens with zero attached hydrogens (tertiary/aromatic N) is 1. The number of benzene rings is 1. The maximum Gasteiger partial charge on any atom is 0.510 e. The second kappa shape index (κ2) is 10.1. The number of carboxylic acid groups (broad SMARTS) is 2. The lowest BCUT2D eigenvalue weighted by molar-refractivity contribution is -0.166. The van der Waals surface area contributed by atoms with Gasteiger partial charge in [-0.3, -0.25) is 24.1 Å². The van der Waals surface area contributed by atoms with E-state index in [4.69, 9.17) is 0 Å². The fraction of sp³-hybridized carbons (Fsp3) is 0.524. The number of carboxylic acids is 2. The fourth-order valence-electron chi connectivity index (χ4n) is 4.10. The van der Waals surface area contributed by atoms with Gasteiger partial charge in [0.2, 0.25) is 11.1 Å². The van der Waals surface area contributed by atoms with Crippen LogP contribution in [0.2, 0.25) is 0 Å². The minimum Gasteiger partial charge on any atom is -0.480 e. The maximum absolute atomic E-state index is 12.4. The van der Waals surface area contributed by atoms with Gasteiger partial charge in [-0.05, 0) is 48.3 Å². The number of aliphatic carboxylic acids is 2. The van der Waals surface area contributed by atoms with Gasteiger partial charge in [0.1, 0.15) is 0 Å². The highest BCUT2D eigenvalue weighted by molar-refractivity contribution is 7.39. The summed E-state index contributed by atoms with van der Waals surface area (Å²) in [4.78, 5) is 59.4. The predicted molar refractivity (Wildman–Crippen MR) is 111 cm³/mol. The van der Waals surface area contributed by atoms with E-state index < -0.39 is 31.0 Å². The minimum absolute atomic E-state index is 0.0703. The van der Waals surface area contributed by atoms with Crippen LogP contribution in [0, 0.1) is 11.3 Å². The van der Waals surface area contributed by atoms with Crippen LogP contribution in [0.25, 0.3) is 0 Å². The third-order valence-electron chi connectivity index (χ3n) is 5.57. The highest BCUT2D eigenvalue weighted by atomic mass is 31.1. The molecule has 3 N–H and O–H groups in total. The van der Waals surface area contributed by atoms with E-state index in [2.05, 4.69) is 0 Å². The summed E-state index contributed by atoms with van der Waals surface area (Å²) < 4.78 is 11.9. The molecule has 2 rings (SSSR count). The van der Waals surface area contributed by atoms with Crippen molar-refractivity contribution >= 4 is 31.8 Å². The van der Waals surface area contributed by atoms with Crippen molar-refractivity contribution in [2.45, 2.75) is 51.6 Å². The number of amides is 2. The lowest BCUT2D eigenvalue weighted by Crippen LogP contribution is -2.48. The summed E-state index contributed by atoms with van der Waals surface area (Å²) in [6.07, 6.45) is 0.801.